The van der Waals surface area contributed by atoms with Crippen molar-refractivity contribution in [3.63, 3.8) is 0 Å². The second-order valence-electron chi connectivity index (χ2n) is 14.4. The van der Waals surface area contributed by atoms with E-state index in [0.717, 1.165) is 22.3 Å². The fourth-order valence-corrected chi connectivity index (χ4v) is 6.56. The highest BCUT2D eigenvalue weighted by molar-refractivity contribution is 5.96. The number of aromatic hydroxyl groups is 1. The lowest BCUT2D eigenvalue weighted by atomic mass is 9.93. The number of nitrogens with two attached hydrogens (primary N) is 1. The van der Waals surface area contributed by atoms with Crippen molar-refractivity contribution in [3.8, 4) is 16.9 Å². The number of likely N-dealkylation sites (N-methyl/N-ethyl adjacent to an activating group) is 2. The van der Waals surface area contributed by atoms with Gasteiger partial charge in [-0.05, 0) is 120 Å². The van der Waals surface area contributed by atoms with Gasteiger partial charge in [0.05, 0.1) is 6.04 Å². The van der Waals surface area contributed by atoms with E-state index in [1.807, 2.05) is 31.2 Å². The van der Waals surface area contributed by atoms with Gasteiger partial charge in [-0.25, -0.2) is 0 Å². The highest BCUT2D eigenvalue weighted by Crippen LogP contribution is 2.29. The number of rotatable bonds is 20. The van der Waals surface area contributed by atoms with E-state index in [0.29, 0.717) is 38.0 Å². The molecular formula is C40H62N10O7. The van der Waals surface area contributed by atoms with Crippen LogP contribution in [0.1, 0.15) is 55.2 Å². The zero-order valence-corrected chi connectivity index (χ0v) is 33.8. The van der Waals surface area contributed by atoms with Crippen molar-refractivity contribution in [2.75, 3.05) is 54.4 Å². The minimum Gasteiger partial charge on any atom is -0.508 e. The summed E-state index contributed by atoms with van der Waals surface area (Å²) in [6.07, 6.45) is 1.45. The average molecular weight is 795 g/mol. The van der Waals surface area contributed by atoms with Gasteiger partial charge in [0, 0.05) is 32.4 Å². The molecule has 0 radical (unpaired) electrons. The number of benzene rings is 2. The molecule has 57 heavy (non-hydrogen) atoms. The van der Waals surface area contributed by atoms with Gasteiger partial charge in [0.1, 0.15) is 29.9 Å². The van der Waals surface area contributed by atoms with Crippen molar-refractivity contribution in [2.45, 2.75) is 88.5 Å². The summed E-state index contributed by atoms with van der Waals surface area (Å²) in [5.41, 5.74) is 9.10. The summed E-state index contributed by atoms with van der Waals surface area (Å²) in [5.74, 6) is -3.43. The minimum absolute atomic E-state index is 0.0328. The lowest BCUT2D eigenvalue weighted by Crippen LogP contribution is -2.59. The van der Waals surface area contributed by atoms with Gasteiger partial charge in [-0.2, -0.15) is 0 Å². The molecule has 2 aromatic carbocycles. The van der Waals surface area contributed by atoms with Gasteiger partial charge < -0.3 is 58.7 Å². The molecule has 1 aliphatic heterocycles. The molecule has 17 heteroatoms. The first-order chi connectivity index (χ1) is 27.3. The summed E-state index contributed by atoms with van der Waals surface area (Å²) in [4.78, 5) is 80.9. The van der Waals surface area contributed by atoms with Gasteiger partial charge in [-0.3, -0.25) is 28.8 Å². The Morgan fingerprint density at radius 1 is 0.772 bits per heavy atom. The van der Waals surface area contributed by atoms with Crippen LogP contribution in [0.15, 0.2) is 36.4 Å². The Bertz CT molecular complexity index is 1690. The SMILES string of the molecule is CNCCC[C@@H]1NC(=O)[C@@H](NC)Cc2cc(ccc2O)-c2ccc(C)c(c2)C[C@@H](C(=O)N[C@H](CCCNC)C(=O)N[C@H](CCC(N)=O)C(=O)NCCNC)NC1=O. The number of amides is 6. The Morgan fingerprint density at radius 3 is 2.09 bits per heavy atom. The number of carbonyl (C=O) groups is 6. The molecule has 1 aliphatic rings. The second kappa shape index (κ2) is 23.8. The molecule has 3 rings (SSSR count). The Morgan fingerprint density at radius 2 is 1.42 bits per heavy atom. The van der Waals surface area contributed by atoms with Gasteiger partial charge in [-0.1, -0.05) is 24.3 Å². The maximum absolute atomic E-state index is 14.4. The van der Waals surface area contributed by atoms with Gasteiger partial charge in [0.2, 0.25) is 35.4 Å². The molecule has 0 fully saturated rings. The average Bonchev–Trinajstić information content (AvgIpc) is 3.18. The number of phenols is 1. The Kier molecular flexibility index (Phi) is 19.4. The van der Waals surface area contributed by atoms with Crippen LogP contribution in [-0.2, 0) is 41.6 Å². The van der Waals surface area contributed by atoms with Crippen molar-refractivity contribution < 1.29 is 33.9 Å². The van der Waals surface area contributed by atoms with E-state index >= 15 is 0 Å². The monoisotopic (exact) mass is 794 g/mol. The van der Waals surface area contributed by atoms with E-state index in [4.69, 9.17) is 5.73 Å². The highest BCUT2D eigenvalue weighted by atomic mass is 16.3. The number of hydrogen-bond acceptors (Lipinski definition) is 11. The summed E-state index contributed by atoms with van der Waals surface area (Å²) in [6, 6.07) is 5.72. The molecule has 17 nitrogen and oxygen atoms in total. The van der Waals surface area contributed by atoms with Crippen LogP contribution < -0.4 is 53.6 Å². The summed E-state index contributed by atoms with van der Waals surface area (Å²) in [7, 11) is 6.90. The van der Waals surface area contributed by atoms with Crippen molar-refractivity contribution in [1.29, 1.82) is 0 Å². The van der Waals surface area contributed by atoms with Gasteiger partial charge >= 0.3 is 0 Å². The molecule has 2 aromatic rings. The number of fused-ring (bicyclic) bond motifs is 5. The van der Waals surface area contributed by atoms with Crippen molar-refractivity contribution >= 4 is 35.4 Å². The number of primary amides is 1. The summed E-state index contributed by atoms with van der Waals surface area (Å²) in [6.45, 7) is 3.76. The molecule has 0 saturated carbocycles. The van der Waals surface area contributed by atoms with Crippen LogP contribution >= 0.6 is 0 Å². The topological polar surface area (TPSA) is 257 Å². The third kappa shape index (κ3) is 14.7. The zero-order chi connectivity index (χ0) is 41.9. The normalized spacial score (nSPS) is 18.2. The van der Waals surface area contributed by atoms with Crippen LogP contribution in [0.4, 0.5) is 0 Å². The van der Waals surface area contributed by atoms with Crippen molar-refractivity contribution in [1.82, 2.24) is 47.9 Å². The van der Waals surface area contributed by atoms with Gasteiger partial charge in [-0.15, -0.1) is 0 Å². The predicted molar refractivity (Wildman–Crippen MR) is 218 cm³/mol. The van der Waals surface area contributed by atoms with Crippen LogP contribution in [0.5, 0.6) is 5.75 Å². The first-order valence-corrected chi connectivity index (χ1v) is 19.6. The zero-order valence-electron chi connectivity index (χ0n) is 33.8. The largest absolute Gasteiger partial charge is 0.508 e. The third-order valence-electron chi connectivity index (χ3n) is 10.00. The number of nitrogens with one attached hydrogen (secondary N) is 9. The Balaban J connectivity index is 2.05. The maximum Gasteiger partial charge on any atom is 0.243 e. The van der Waals surface area contributed by atoms with E-state index in [1.54, 1.807) is 40.3 Å². The molecule has 12 N–H and O–H groups in total. The fraction of sp³-hybridized carbons (Fsp3) is 0.550. The van der Waals surface area contributed by atoms with Crippen LogP contribution in [-0.4, -0.2) is 125 Å². The molecule has 0 spiro atoms. The van der Waals surface area contributed by atoms with E-state index < -0.39 is 65.7 Å². The first-order valence-electron chi connectivity index (χ1n) is 19.6. The molecule has 0 aliphatic carbocycles. The van der Waals surface area contributed by atoms with E-state index in [2.05, 4.69) is 47.9 Å². The molecule has 1 heterocycles. The Labute approximate surface area is 335 Å². The fourth-order valence-electron chi connectivity index (χ4n) is 6.56. The van der Waals surface area contributed by atoms with Gasteiger partial charge in [0.15, 0.2) is 0 Å². The highest BCUT2D eigenvalue weighted by Gasteiger charge is 2.33. The third-order valence-corrected chi connectivity index (χ3v) is 10.00. The minimum atomic E-state index is -1.19. The summed E-state index contributed by atoms with van der Waals surface area (Å²) >= 11 is 0. The molecule has 0 aromatic heterocycles. The first kappa shape index (κ1) is 46.3. The molecule has 0 saturated heterocycles. The van der Waals surface area contributed by atoms with Crippen LogP contribution in [0, 0.1) is 6.92 Å². The summed E-state index contributed by atoms with van der Waals surface area (Å²) < 4.78 is 0. The number of phenolic OH excluding ortho intramolecular Hbond substituents is 1. The van der Waals surface area contributed by atoms with Gasteiger partial charge in [0.25, 0.3) is 0 Å². The second-order valence-corrected chi connectivity index (χ2v) is 14.4. The molecular weight excluding hydrogens is 733 g/mol. The maximum atomic E-state index is 14.4. The Hall–Kier alpha value is -5.10. The number of hydrogen-bond donors (Lipinski definition) is 11. The lowest BCUT2D eigenvalue weighted by molar-refractivity contribution is -0.135. The molecule has 6 amide bonds. The number of carbonyl (C=O) groups excluding carboxylic acids is 6. The van der Waals surface area contributed by atoms with Crippen LogP contribution in [0.3, 0.4) is 0 Å². The summed E-state index contributed by atoms with van der Waals surface area (Å²) in [5, 5.41) is 36.8. The van der Waals surface area contributed by atoms with E-state index in [-0.39, 0.29) is 50.8 Å². The van der Waals surface area contributed by atoms with E-state index in [1.165, 1.54) is 0 Å². The molecule has 4 bridgehead atoms. The standard InChI is InChI=1S/C40H62N10O7/c1-24-10-11-25-20-27(24)22-33(40(57)48-29(8-6-16-42-2)37(54)49-31(13-15-35(41)52)36(53)46-19-18-44-4)50-38(55)30(9-7-17-43-3)47-39(56)32(45-5)23-28-21-26(25)12-14-34(28)51/h10-12,14,20-21,29-33,42-45,51H,6-9,13,15-19,22-23H2,1-5H3,(H2,41,52)(H,46,53)(H,47,56)(H,48,57)(H,49,54)(H,50,55)/t29-,30+,31-,32+,33+/m1/s1. The quantitative estimate of drug-likeness (QED) is 0.0695. The van der Waals surface area contributed by atoms with E-state index in [9.17, 15) is 33.9 Å². The van der Waals surface area contributed by atoms with Crippen LogP contribution in [0.25, 0.3) is 11.1 Å². The lowest BCUT2D eigenvalue weighted by Gasteiger charge is -2.27. The molecule has 0 unspecified atom stereocenters. The predicted octanol–water partition coefficient (Wildman–Crippen LogP) is -1.41. The van der Waals surface area contributed by atoms with Crippen molar-refractivity contribution in [2.24, 2.45) is 5.73 Å². The number of aryl methyl sites for hydroxylation is 1. The van der Waals surface area contributed by atoms with Crippen LogP contribution in [0.2, 0.25) is 0 Å². The molecule has 5 atom stereocenters. The van der Waals surface area contributed by atoms with Crippen molar-refractivity contribution in [3.05, 3.63) is 53.1 Å². The smallest absolute Gasteiger partial charge is 0.243 e. The molecule has 314 valence electrons.